The van der Waals surface area contributed by atoms with Crippen molar-refractivity contribution in [3.8, 4) is 0 Å². The molecule has 2 rings (SSSR count). The first-order valence-electron chi connectivity index (χ1n) is 6.15. The lowest BCUT2D eigenvalue weighted by Gasteiger charge is -2.01. The van der Waals surface area contributed by atoms with Gasteiger partial charge in [-0.05, 0) is 24.1 Å². The van der Waals surface area contributed by atoms with Gasteiger partial charge in [0, 0.05) is 29.6 Å². The van der Waals surface area contributed by atoms with Gasteiger partial charge < -0.3 is 5.11 Å². The Hall–Kier alpha value is -2.42. The Balaban J connectivity index is 2.20. The first-order valence-corrected chi connectivity index (χ1v) is 6.15. The summed E-state index contributed by atoms with van der Waals surface area (Å²) in [6, 6.07) is 10.8. The number of ketones is 1. The van der Waals surface area contributed by atoms with Gasteiger partial charge in [-0.3, -0.25) is 9.78 Å². The maximum Gasteiger partial charge on any atom is 0.189 e. The van der Waals surface area contributed by atoms with Crippen molar-refractivity contribution in [2.24, 2.45) is 0 Å². The molecule has 96 valence electrons. The fourth-order valence-corrected chi connectivity index (χ4v) is 1.71. The van der Waals surface area contributed by atoms with E-state index in [0.717, 1.165) is 6.42 Å². The number of aryl methyl sites for hydroxylation is 1. The highest BCUT2D eigenvalue weighted by Crippen LogP contribution is 2.12. The van der Waals surface area contributed by atoms with Gasteiger partial charge in [0.25, 0.3) is 0 Å². The summed E-state index contributed by atoms with van der Waals surface area (Å²) in [5, 5.41) is 9.85. The number of carbonyl (C=O) groups is 1. The third-order valence-corrected chi connectivity index (χ3v) is 2.87. The number of aliphatic hydroxyl groups is 1. The van der Waals surface area contributed by atoms with E-state index in [-0.39, 0.29) is 11.5 Å². The quantitative estimate of drug-likeness (QED) is 0.516. The molecule has 0 spiro atoms. The first kappa shape index (κ1) is 13.0. The average molecular weight is 253 g/mol. The predicted molar refractivity (Wildman–Crippen MR) is 75.0 cm³/mol. The number of aliphatic hydroxyl groups excluding tert-OH is 1. The summed E-state index contributed by atoms with van der Waals surface area (Å²) in [4.78, 5) is 15.9. The SMILES string of the molecule is CCc1ccc(C(=O)C=C(O)c2cccnc2)cc1. The second kappa shape index (κ2) is 5.96. The number of pyridine rings is 1. The second-order valence-corrected chi connectivity index (χ2v) is 4.19. The molecule has 1 heterocycles. The maximum atomic E-state index is 12.0. The largest absolute Gasteiger partial charge is 0.507 e. The molecule has 1 aromatic heterocycles. The van der Waals surface area contributed by atoms with Gasteiger partial charge in [0.15, 0.2) is 5.78 Å². The Kier molecular flexibility index (Phi) is 4.08. The molecule has 0 aliphatic carbocycles. The van der Waals surface area contributed by atoms with Crippen LogP contribution in [0.1, 0.15) is 28.4 Å². The number of carbonyl (C=O) groups excluding carboxylic acids is 1. The molecule has 0 aliphatic rings. The fourth-order valence-electron chi connectivity index (χ4n) is 1.71. The molecule has 19 heavy (non-hydrogen) atoms. The van der Waals surface area contributed by atoms with Crippen molar-refractivity contribution in [1.29, 1.82) is 0 Å². The molecule has 0 atom stereocenters. The van der Waals surface area contributed by atoms with Gasteiger partial charge in [0.1, 0.15) is 5.76 Å². The number of hydrogen-bond donors (Lipinski definition) is 1. The number of benzene rings is 1. The summed E-state index contributed by atoms with van der Waals surface area (Å²) in [6.45, 7) is 2.06. The lowest BCUT2D eigenvalue weighted by Crippen LogP contribution is -1.97. The van der Waals surface area contributed by atoms with Crippen LogP contribution in [0.15, 0.2) is 54.9 Å². The van der Waals surface area contributed by atoms with Crippen LogP contribution in [0.2, 0.25) is 0 Å². The number of rotatable bonds is 4. The number of aromatic nitrogens is 1. The summed E-state index contributed by atoms with van der Waals surface area (Å²) in [6.07, 6.45) is 5.28. The molecular formula is C16H15NO2. The molecule has 2 aromatic rings. The topological polar surface area (TPSA) is 50.2 Å². The zero-order valence-corrected chi connectivity index (χ0v) is 10.7. The van der Waals surface area contributed by atoms with Crippen molar-refractivity contribution in [3.63, 3.8) is 0 Å². The Morgan fingerprint density at radius 1 is 1.21 bits per heavy atom. The highest BCUT2D eigenvalue weighted by atomic mass is 16.3. The number of hydrogen-bond acceptors (Lipinski definition) is 3. The standard InChI is InChI=1S/C16H15NO2/c1-2-12-5-7-13(8-6-12)15(18)10-16(19)14-4-3-9-17-11-14/h3-11,19H,2H2,1H3. The van der Waals surface area contributed by atoms with E-state index in [9.17, 15) is 9.90 Å². The molecular weight excluding hydrogens is 238 g/mol. The Morgan fingerprint density at radius 3 is 2.53 bits per heavy atom. The molecule has 1 N–H and O–H groups in total. The minimum absolute atomic E-state index is 0.0716. The van der Waals surface area contributed by atoms with Crippen LogP contribution in [0.3, 0.4) is 0 Å². The lowest BCUT2D eigenvalue weighted by molar-refractivity contribution is 0.104. The fraction of sp³-hybridized carbons (Fsp3) is 0.125. The van der Waals surface area contributed by atoms with Crippen LogP contribution in [0.5, 0.6) is 0 Å². The summed E-state index contributed by atoms with van der Waals surface area (Å²) in [5.74, 6) is -0.290. The van der Waals surface area contributed by atoms with Gasteiger partial charge >= 0.3 is 0 Å². The number of nitrogens with zero attached hydrogens (tertiary/aromatic N) is 1. The average Bonchev–Trinajstić information content (AvgIpc) is 2.48. The predicted octanol–water partition coefficient (Wildman–Crippen LogP) is 3.43. The third kappa shape index (κ3) is 3.28. The van der Waals surface area contributed by atoms with Gasteiger partial charge in [0.05, 0.1) is 0 Å². The third-order valence-electron chi connectivity index (χ3n) is 2.87. The van der Waals surface area contributed by atoms with E-state index in [2.05, 4.69) is 11.9 Å². The maximum absolute atomic E-state index is 12.0. The van der Waals surface area contributed by atoms with Crippen LogP contribution >= 0.6 is 0 Å². The van der Waals surface area contributed by atoms with Crippen molar-refractivity contribution < 1.29 is 9.90 Å². The summed E-state index contributed by atoms with van der Waals surface area (Å²) < 4.78 is 0. The van der Waals surface area contributed by atoms with E-state index in [4.69, 9.17) is 0 Å². The van der Waals surface area contributed by atoms with Gasteiger partial charge in [-0.1, -0.05) is 31.2 Å². The summed E-state index contributed by atoms with van der Waals surface area (Å²) in [5.41, 5.74) is 2.27. The minimum Gasteiger partial charge on any atom is -0.507 e. The van der Waals surface area contributed by atoms with Crippen LogP contribution in [0, 0.1) is 0 Å². The molecule has 0 bridgehead atoms. The van der Waals surface area contributed by atoms with Gasteiger partial charge in [0.2, 0.25) is 0 Å². The molecule has 0 saturated carbocycles. The highest BCUT2D eigenvalue weighted by Gasteiger charge is 2.06. The molecule has 0 unspecified atom stereocenters. The first-order chi connectivity index (χ1) is 9.20. The summed E-state index contributed by atoms with van der Waals surface area (Å²) >= 11 is 0. The van der Waals surface area contributed by atoms with Crippen molar-refractivity contribution in [3.05, 3.63) is 71.6 Å². The van der Waals surface area contributed by atoms with E-state index in [1.165, 1.54) is 17.8 Å². The zero-order chi connectivity index (χ0) is 13.7. The molecule has 0 amide bonds. The van der Waals surface area contributed by atoms with Gasteiger partial charge in [-0.2, -0.15) is 0 Å². The molecule has 3 nitrogen and oxygen atoms in total. The Labute approximate surface area is 112 Å². The Bertz CT molecular complexity index is 586. The van der Waals surface area contributed by atoms with Crippen LogP contribution in [0.4, 0.5) is 0 Å². The van der Waals surface area contributed by atoms with E-state index in [1.807, 2.05) is 12.1 Å². The normalized spacial score (nSPS) is 11.3. The summed E-state index contributed by atoms with van der Waals surface area (Å²) in [7, 11) is 0. The molecule has 1 aromatic carbocycles. The van der Waals surface area contributed by atoms with E-state index in [0.29, 0.717) is 11.1 Å². The molecule has 0 aliphatic heterocycles. The zero-order valence-electron chi connectivity index (χ0n) is 10.7. The van der Waals surface area contributed by atoms with Crippen LogP contribution in [-0.2, 0) is 6.42 Å². The molecule has 0 fully saturated rings. The van der Waals surface area contributed by atoms with Crippen molar-refractivity contribution >= 4 is 11.5 Å². The van der Waals surface area contributed by atoms with E-state index >= 15 is 0 Å². The molecule has 0 radical (unpaired) electrons. The monoisotopic (exact) mass is 253 g/mol. The lowest BCUT2D eigenvalue weighted by atomic mass is 10.1. The van der Waals surface area contributed by atoms with Crippen LogP contribution in [-0.4, -0.2) is 15.9 Å². The molecule has 0 saturated heterocycles. The van der Waals surface area contributed by atoms with E-state index in [1.54, 1.807) is 30.5 Å². The second-order valence-electron chi connectivity index (χ2n) is 4.19. The molecule has 3 heteroatoms. The number of allylic oxidation sites excluding steroid dienone is 1. The smallest absolute Gasteiger partial charge is 0.189 e. The van der Waals surface area contributed by atoms with Crippen molar-refractivity contribution in [2.45, 2.75) is 13.3 Å². The van der Waals surface area contributed by atoms with Gasteiger partial charge in [-0.25, -0.2) is 0 Å². The van der Waals surface area contributed by atoms with Crippen molar-refractivity contribution in [1.82, 2.24) is 4.98 Å². The Morgan fingerprint density at radius 2 is 1.95 bits per heavy atom. The minimum atomic E-state index is -0.219. The van der Waals surface area contributed by atoms with Gasteiger partial charge in [-0.15, -0.1) is 0 Å². The van der Waals surface area contributed by atoms with Crippen LogP contribution in [0.25, 0.3) is 5.76 Å². The highest BCUT2D eigenvalue weighted by molar-refractivity contribution is 6.07. The van der Waals surface area contributed by atoms with Crippen LogP contribution < -0.4 is 0 Å². The van der Waals surface area contributed by atoms with Crippen molar-refractivity contribution in [2.75, 3.05) is 0 Å². The van der Waals surface area contributed by atoms with E-state index < -0.39 is 0 Å².